The minimum Gasteiger partial charge on any atom is -0.494 e. The minimum atomic E-state index is -0.336. The van der Waals surface area contributed by atoms with Crippen molar-refractivity contribution in [1.29, 1.82) is 0 Å². The molecule has 0 radical (unpaired) electrons. The number of nitrogens with one attached hydrogen (secondary N) is 1. The maximum Gasteiger partial charge on any atom is 0.275 e. The molecule has 1 amide bonds. The number of ether oxygens (including phenoxy) is 2. The molecular weight excluding hydrogens is 290 g/mol. The first-order valence-corrected chi connectivity index (χ1v) is 7.44. The third kappa shape index (κ3) is 3.85. The Morgan fingerprint density at radius 3 is 2.71 bits per heavy atom. The van der Waals surface area contributed by atoms with Gasteiger partial charge >= 0.3 is 0 Å². The van der Waals surface area contributed by atoms with Crippen molar-refractivity contribution in [2.45, 2.75) is 13.8 Å². The zero-order valence-corrected chi connectivity index (χ0v) is 12.7. The number of hydrogen-bond donors (Lipinski definition) is 2. The van der Waals surface area contributed by atoms with Gasteiger partial charge in [0.05, 0.1) is 18.9 Å². The molecular formula is C14H17N3O3S. The number of nitrogens with zero attached hydrogens (tertiary/aromatic N) is 1. The van der Waals surface area contributed by atoms with Gasteiger partial charge in [0.15, 0.2) is 5.13 Å². The largest absolute Gasteiger partial charge is 0.494 e. The number of hydrogen-bond acceptors (Lipinski definition) is 6. The van der Waals surface area contributed by atoms with Crippen LogP contribution in [0.15, 0.2) is 23.6 Å². The quantitative estimate of drug-likeness (QED) is 0.857. The van der Waals surface area contributed by atoms with Crippen LogP contribution in [-0.2, 0) is 0 Å². The maximum atomic E-state index is 12.1. The van der Waals surface area contributed by atoms with E-state index in [-0.39, 0.29) is 11.6 Å². The van der Waals surface area contributed by atoms with Crippen molar-refractivity contribution in [2.75, 3.05) is 24.3 Å². The third-order valence-corrected chi connectivity index (χ3v) is 3.24. The summed E-state index contributed by atoms with van der Waals surface area (Å²) in [6.45, 7) is 4.82. The summed E-state index contributed by atoms with van der Waals surface area (Å²) in [5, 5.41) is 4.73. The fraction of sp³-hybridized carbons (Fsp3) is 0.286. The second kappa shape index (κ2) is 6.94. The molecule has 0 spiro atoms. The van der Waals surface area contributed by atoms with Crippen molar-refractivity contribution in [3.63, 3.8) is 0 Å². The molecule has 0 atom stereocenters. The van der Waals surface area contributed by atoms with E-state index in [0.717, 1.165) is 0 Å². The Hall–Kier alpha value is -2.28. The predicted octanol–water partition coefficient (Wildman–Crippen LogP) is 2.78. The van der Waals surface area contributed by atoms with Crippen LogP contribution in [0.5, 0.6) is 11.5 Å². The topological polar surface area (TPSA) is 86.5 Å². The van der Waals surface area contributed by atoms with Gasteiger partial charge in [-0.15, -0.1) is 11.3 Å². The van der Waals surface area contributed by atoms with Gasteiger partial charge in [0, 0.05) is 11.4 Å². The van der Waals surface area contributed by atoms with Crippen molar-refractivity contribution >= 4 is 28.1 Å². The lowest BCUT2D eigenvalue weighted by atomic mass is 10.2. The van der Waals surface area contributed by atoms with Crippen LogP contribution in [0.2, 0.25) is 0 Å². The molecule has 112 valence electrons. The summed E-state index contributed by atoms with van der Waals surface area (Å²) in [6.07, 6.45) is 0. The highest BCUT2D eigenvalue weighted by Crippen LogP contribution is 2.30. The number of aromatic nitrogens is 1. The van der Waals surface area contributed by atoms with Crippen LogP contribution in [0.25, 0.3) is 0 Å². The second-order valence-electron chi connectivity index (χ2n) is 4.05. The van der Waals surface area contributed by atoms with Crippen LogP contribution in [0.1, 0.15) is 24.3 Å². The highest BCUT2D eigenvalue weighted by molar-refractivity contribution is 7.13. The van der Waals surface area contributed by atoms with Crippen molar-refractivity contribution in [3.05, 3.63) is 29.3 Å². The van der Waals surface area contributed by atoms with E-state index < -0.39 is 0 Å². The summed E-state index contributed by atoms with van der Waals surface area (Å²) in [5.41, 5.74) is 6.35. The standard InChI is InChI=1S/C14H17N3O3S/c1-3-19-9-5-6-12(20-4-2)10(7-9)16-13(18)11-8-21-14(15)17-11/h5-8H,3-4H2,1-2H3,(H2,15,17)(H,16,18). The molecule has 0 unspecified atom stereocenters. The molecule has 0 bridgehead atoms. The number of nitrogens with two attached hydrogens (primary N) is 1. The summed E-state index contributed by atoms with van der Waals surface area (Å²) in [4.78, 5) is 16.1. The number of nitrogen functional groups attached to an aromatic ring is 1. The summed E-state index contributed by atoms with van der Waals surface area (Å²) in [5.74, 6) is 0.907. The maximum absolute atomic E-state index is 12.1. The van der Waals surface area contributed by atoms with Crippen LogP contribution >= 0.6 is 11.3 Å². The average molecular weight is 307 g/mol. The predicted molar refractivity (Wildman–Crippen MR) is 83.3 cm³/mol. The van der Waals surface area contributed by atoms with Crippen LogP contribution in [0.3, 0.4) is 0 Å². The molecule has 2 aromatic rings. The smallest absolute Gasteiger partial charge is 0.275 e. The van der Waals surface area contributed by atoms with E-state index in [1.54, 1.807) is 23.6 Å². The van der Waals surface area contributed by atoms with E-state index in [4.69, 9.17) is 15.2 Å². The molecule has 0 fully saturated rings. The molecule has 0 saturated carbocycles. The molecule has 0 aliphatic rings. The van der Waals surface area contributed by atoms with E-state index in [1.807, 2.05) is 13.8 Å². The molecule has 1 aromatic carbocycles. The number of thiazole rings is 1. The Balaban J connectivity index is 2.23. The van der Waals surface area contributed by atoms with Gasteiger partial charge in [-0.25, -0.2) is 4.98 Å². The van der Waals surface area contributed by atoms with Crippen LogP contribution in [-0.4, -0.2) is 24.1 Å². The lowest BCUT2D eigenvalue weighted by molar-refractivity contribution is 0.102. The van der Waals surface area contributed by atoms with E-state index in [1.165, 1.54) is 11.3 Å². The normalized spacial score (nSPS) is 10.2. The van der Waals surface area contributed by atoms with Crippen molar-refractivity contribution in [3.8, 4) is 11.5 Å². The van der Waals surface area contributed by atoms with Crippen LogP contribution < -0.4 is 20.5 Å². The SMILES string of the molecule is CCOc1ccc(OCC)c(NC(=O)c2csc(N)n2)c1. The number of carbonyl (C=O) groups excluding carboxylic acids is 1. The Morgan fingerprint density at radius 2 is 2.10 bits per heavy atom. The zero-order chi connectivity index (χ0) is 15.2. The van der Waals surface area contributed by atoms with E-state index in [0.29, 0.717) is 35.5 Å². The van der Waals surface area contributed by atoms with Crippen molar-refractivity contribution < 1.29 is 14.3 Å². The fourth-order valence-electron chi connectivity index (χ4n) is 1.72. The van der Waals surface area contributed by atoms with Crippen molar-refractivity contribution in [2.24, 2.45) is 0 Å². The second-order valence-corrected chi connectivity index (χ2v) is 4.94. The molecule has 2 rings (SSSR count). The summed E-state index contributed by atoms with van der Waals surface area (Å²) in [6, 6.07) is 5.28. The molecule has 0 aliphatic carbocycles. The van der Waals surface area contributed by atoms with Gasteiger partial charge in [-0.2, -0.15) is 0 Å². The molecule has 1 aromatic heterocycles. The molecule has 1 heterocycles. The number of anilines is 2. The summed E-state index contributed by atoms with van der Waals surface area (Å²) >= 11 is 1.22. The van der Waals surface area contributed by atoms with Crippen molar-refractivity contribution in [1.82, 2.24) is 4.98 Å². The van der Waals surface area contributed by atoms with Gasteiger partial charge in [-0.05, 0) is 26.0 Å². The average Bonchev–Trinajstić information content (AvgIpc) is 2.89. The van der Waals surface area contributed by atoms with Gasteiger partial charge in [0.2, 0.25) is 0 Å². The lowest BCUT2D eigenvalue weighted by Crippen LogP contribution is -2.13. The summed E-state index contributed by atoms with van der Waals surface area (Å²) in [7, 11) is 0. The first-order chi connectivity index (χ1) is 10.1. The number of carbonyl (C=O) groups is 1. The monoisotopic (exact) mass is 307 g/mol. The lowest BCUT2D eigenvalue weighted by Gasteiger charge is -2.13. The Labute approximate surface area is 126 Å². The van der Waals surface area contributed by atoms with Crippen LogP contribution in [0.4, 0.5) is 10.8 Å². The molecule has 0 aliphatic heterocycles. The van der Waals surface area contributed by atoms with Gasteiger partial charge in [-0.1, -0.05) is 0 Å². The van der Waals surface area contributed by atoms with E-state index in [9.17, 15) is 4.79 Å². The summed E-state index contributed by atoms with van der Waals surface area (Å²) < 4.78 is 10.9. The minimum absolute atomic E-state index is 0.279. The molecule has 0 saturated heterocycles. The first-order valence-electron chi connectivity index (χ1n) is 6.56. The van der Waals surface area contributed by atoms with E-state index in [2.05, 4.69) is 10.3 Å². The van der Waals surface area contributed by atoms with Gasteiger partial charge in [-0.3, -0.25) is 4.79 Å². The molecule has 21 heavy (non-hydrogen) atoms. The number of benzene rings is 1. The highest BCUT2D eigenvalue weighted by Gasteiger charge is 2.13. The Morgan fingerprint density at radius 1 is 1.33 bits per heavy atom. The van der Waals surface area contributed by atoms with E-state index >= 15 is 0 Å². The molecule has 6 nitrogen and oxygen atoms in total. The number of rotatable bonds is 6. The van der Waals surface area contributed by atoms with Gasteiger partial charge < -0.3 is 20.5 Å². The third-order valence-electron chi connectivity index (χ3n) is 2.56. The number of amides is 1. The fourth-order valence-corrected chi connectivity index (χ4v) is 2.27. The molecule has 7 heteroatoms. The first kappa shape index (κ1) is 15.1. The van der Waals surface area contributed by atoms with Gasteiger partial charge in [0.1, 0.15) is 17.2 Å². The Bertz CT molecular complexity index is 628. The van der Waals surface area contributed by atoms with Gasteiger partial charge in [0.25, 0.3) is 5.91 Å². The van der Waals surface area contributed by atoms with Crippen LogP contribution in [0, 0.1) is 0 Å². The Kier molecular flexibility index (Phi) is 4.99. The highest BCUT2D eigenvalue weighted by atomic mass is 32.1. The molecule has 3 N–H and O–H groups in total. The zero-order valence-electron chi connectivity index (χ0n) is 11.9.